The number of pyridine rings is 1. The lowest BCUT2D eigenvalue weighted by molar-refractivity contribution is -0.119. The fraction of sp³-hybridized carbons (Fsp3) is 0.538. The summed E-state index contributed by atoms with van der Waals surface area (Å²) in [5.74, 6) is 1.96. The number of aromatic nitrogens is 1. The van der Waals surface area contributed by atoms with Crippen molar-refractivity contribution in [1.29, 1.82) is 0 Å². The van der Waals surface area contributed by atoms with Crippen LogP contribution in [0.2, 0.25) is 0 Å². The number of anilines is 2. The quantitative estimate of drug-likeness (QED) is 0.689. The molecule has 0 saturated carbocycles. The van der Waals surface area contributed by atoms with Crippen LogP contribution in [0.3, 0.4) is 0 Å². The maximum absolute atomic E-state index is 11.5. The predicted molar refractivity (Wildman–Crippen MR) is 74.7 cm³/mol. The summed E-state index contributed by atoms with van der Waals surface area (Å²) >= 11 is 0. The first-order chi connectivity index (χ1) is 8.61. The Bertz CT molecular complexity index is 379. The Kier molecular flexibility index (Phi) is 5.97. The first-order valence-corrected chi connectivity index (χ1v) is 6.33. The van der Waals surface area contributed by atoms with E-state index >= 15 is 0 Å². The van der Waals surface area contributed by atoms with Crippen molar-refractivity contribution in [2.75, 3.05) is 30.3 Å². The van der Waals surface area contributed by atoms with Crippen molar-refractivity contribution < 1.29 is 4.79 Å². The van der Waals surface area contributed by atoms with Crippen molar-refractivity contribution in [3.05, 3.63) is 18.2 Å². The van der Waals surface area contributed by atoms with Gasteiger partial charge in [0.2, 0.25) is 5.91 Å². The number of hydrogen-bond acceptors (Lipinski definition) is 4. The fourth-order valence-corrected chi connectivity index (χ4v) is 1.36. The van der Waals surface area contributed by atoms with E-state index in [0.29, 0.717) is 18.3 Å². The molecule has 0 saturated heterocycles. The molecule has 0 aliphatic rings. The molecule has 3 N–H and O–H groups in total. The van der Waals surface area contributed by atoms with Gasteiger partial charge in [-0.3, -0.25) is 4.79 Å². The molecule has 1 heterocycles. The molecule has 0 unspecified atom stereocenters. The van der Waals surface area contributed by atoms with E-state index in [-0.39, 0.29) is 12.5 Å². The van der Waals surface area contributed by atoms with Gasteiger partial charge < -0.3 is 16.0 Å². The minimum atomic E-state index is -0.0145. The number of nitrogens with zero attached hydrogens (tertiary/aromatic N) is 1. The second-order valence-electron chi connectivity index (χ2n) is 4.49. The van der Waals surface area contributed by atoms with Crippen LogP contribution >= 0.6 is 0 Å². The van der Waals surface area contributed by atoms with Gasteiger partial charge in [-0.25, -0.2) is 4.98 Å². The Morgan fingerprint density at radius 3 is 2.56 bits per heavy atom. The van der Waals surface area contributed by atoms with E-state index < -0.39 is 0 Å². The Morgan fingerprint density at radius 1 is 1.28 bits per heavy atom. The fourth-order valence-electron chi connectivity index (χ4n) is 1.36. The summed E-state index contributed by atoms with van der Waals surface area (Å²) in [6.45, 7) is 7.91. The third kappa shape index (κ3) is 5.52. The van der Waals surface area contributed by atoms with Crippen molar-refractivity contribution in [2.45, 2.75) is 20.8 Å². The van der Waals surface area contributed by atoms with Gasteiger partial charge in [0.25, 0.3) is 0 Å². The van der Waals surface area contributed by atoms with E-state index in [2.05, 4.69) is 34.8 Å². The molecule has 1 aromatic rings. The summed E-state index contributed by atoms with van der Waals surface area (Å²) in [6, 6.07) is 5.64. The van der Waals surface area contributed by atoms with Crippen LogP contribution in [-0.4, -0.2) is 30.5 Å². The molecule has 1 amide bonds. The molecular weight excluding hydrogens is 228 g/mol. The van der Waals surface area contributed by atoms with E-state index in [1.165, 1.54) is 0 Å². The second kappa shape index (κ2) is 7.53. The SMILES string of the molecule is CCNc1cccc(NCC(=O)NCC(C)C)n1. The molecule has 0 fully saturated rings. The molecule has 0 aliphatic heterocycles. The normalized spacial score (nSPS) is 10.2. The van der Waals surface area contributed by atoms with Crippen LogP contribution in [0.5, 0.6) is 0 Å². The summed E-state index contributed by atoms with van der Waals surface area (Å²) in [5.41, 5.74) is 0. The topological polar surface area (TPSA) is 66.0 Å². The van der Waals surface area contributed by atoms with Crippen LogP contribution in [0.15, 0.2) is 18.2 Å². The lowest BCUT2D eigenvalue weighted by Crippen LogP contribution is -2.32. The standard InChI is InChI=1S/C13H22N4O/c1-4-14-11-6-5-7-12(17-11)15-9-13(18)16-8-10(2)3/h5-7,10H,4,8-9H2,1-3H3,(H,16,18)(H2,14,15,17). The number of hydrogen-bond donors (Lipinski definition) is 3. The lowest BCUT2D eigenvalue weighted by atomic mass is 10.2. The van der Waals surface area contributed by atoms with Crippen LogP contribution in [0, 0.1) is 5.92 Å². The smallest absolute Gasteiger partial charge is 0.239 e. The molecule has 18 heavy (non-hydrogen) atoms. The first-order valence-electron chi connectivity index (χ1n) is 6.33. The van der Waals surface area contributed by atoms with E-state index in [1.54, 1.807) is 0 Å². The van der Waals surface area contributed by atoms with Gasteiger partial charge >= 0.3 is 0 Å². The Balaban J connectivity index is 2.38. The highest BCUT2D eigenvalue weighted by molar-refractivity contribution is 5.80. The van der Waals surface area contributed by atoms with Gasteiger partial charge in [-0.15, -0.1) is 0 Å². The summed E-state index contributed by atoms with van der Waals surface area (Å²) in [7, 11) is 0. The van der Waals surface area contributed by atoms with Crippen LogP contribution in [0.25, 0.3) is 0 Å². The van der Waals surface area contributed by atoms with Gasteiger partial charge in [0.15, 0.2) is 0 Å². The zero-order valence-electron chi connectivity index (χ0n) is 11.3. The largest absolute Gasteiger partial charge is 0.370 e. The van der Waals surface area contributed by atoms with Crippen molar-refractivity contribution >= 4 is 17.5 Å². The molecule has 0 aliphatic carbocycles. The van der Waals surface area contributed by atoms with E-state index in [9.17, 15) is 4.79 Å². The van der Waals surface area contributed by atoms with Gasteiger partial charge in [0.1, 0.15) is 11.6 Å². The third-order valence-corrected chi connectivity index (χ3v) is 2.24. The Labute approximate surface area is 108 Å². The maximum Gasteiger partial charge on any atom is 0.239 e. The van der Waals surface area contributed by atoms with Crippen molar-refractivity contribution in [2.24, 2.45) is 5.92 Å². The second-order valence-corrected chi connectivity index (χ2v) is 4.49. The molecule has 5 nitrogen and oxygen atoms in total. The van der Waals surface area contributed by atoms with Crippen molar-refractivity contribution in [3.63, 3.8) is 0 Å². The molecule has 0 spiro atoms. The highest BCUT2D eigenvalue weighted by Gasteiger charge is 2.03. The average Bonchev–Trinajstić information content (AvgIpc) is 2.35. The molecule has 0 atom stereocenters. The average molecular weight is 250 g/mol. The number of carbonyl (C=O) groups is 1. The van der Waals surface area contributed by atoms with Gasteiger partial charge in [0, 0.05) is 13.1 Å². The van der Waals surface area contributed by atoms with Crippen molar-refractivity contribution in [1.82, 2.24) is 10.3 Å². The molecule has 5 heteroatoms. The number of rotatable bonds is 7. The molecule has 100 valence electrons. The lowest BCUT2D eigenvalue weighted by Gasteiger charge is -2.10. The highest BCUT2D eigenvalue weighted by Crippen LogP contribution is 2.08. The van der Waals surface area contributed by atoms with Crippen LogP contribution in [0.1, 0.15) is 20.8 Å². The Hall–Kier alpha value is -1.78. The van der Waals surface area contributed by atoms with E-state index in [0.717, 1.165) is 12.4 Å². The maximum atomic E-state index is 11.5. The molecule has 1 aromatic heterocycles. The zero-order chi connectivity index (χ0) is 13.4. The third-order valence-electron chi connectivity index (χ3n) is 2.24. The van der Waals surface area contributed by atoms with E-state index in [4.69, 9.17) is 0 Å². The molecule has 0 radical (unpaired) electrons. The number of carbonyl (C=O) groups excluding carboxylic acids is 1. The van der Waals surface area contributed by atoms with E-state index in [1.807, 2.05) is 25.1 Å². The van der Waals surface area contributed by atoms with Crippen LogP contribution in [0.4, 0.5) is 11.6 Å². The molecule has 0 bridgehead atoms. The number of nitrogens with one attached hydrogen (secondary N) is 3. The summed E-state index contributed by atoms with van der Waals surface area (Å²) in [4.78, 5) is 15.8. The van der Waals surface area contributed by atoms with Gasteiger partial charge in [-0.05, 0) is 25.0 Å². The molecular formula is C13H22N4O. The van der Waals surface area contributed by atoms with Gasteiger partial charge in [-0.2, -0.15) is 0 Å². The monoisotopic (exact) mass is 250 g/mol. The predicted octanol–water partition coefficient (Wildman–Crippen LogP) is 1.70. The summed E-state index contributed by atoms with van der Waals surface area (Å²) in [5, 5.41) is 8.98. The van der Waals surface area contributed by atoms with Gasteiger partial charge in [0.05, 0.1) is 6.54 Å². The minimum Gasteiger partial charge on any atom is -0.370 e. The summed E-state index contributed by atoms with van der Waals surface area (Å²) in [6.07, 6.45) is 0. The van der Waals surface area contributed by atoms with Crippen LogP contribution < -0.4 is 16.0 Å². The highest BCUT2D eigenvalue weighted by atomic mass is 16.1. The molecule has 0 aromatic carbocycles. The zero-order valence-corrected chi connectivity index (χ0v) is 11.3. The summed E-state index contributed by atoms with van der Waals surface area (Å²) < 4.78 is 0. The first kappa shape index (κ1) is 14.3. The van der Waals surface area contributed by atoms with Crippen molar-refractivity contribution in [3.8, 4) is 0 Å². The Morgan fingerprint density at radius 2 is 1.94 bits per heavy atom. The molecule has 1 rings (SSSR count). The van der Waals surface area contributed by atoms with Gasteiger partial charge in [-0.1, -0.05) is 19.9 Å². The van der Waals surface area contributed by atoms with Crippen LogP contribution in [-0.2, 0) is 4.79 Å². The number of amides is 1. The minimum absolute atomic E-state index is 0.0145.